The van der Waals surface area contributed by atoms with E-state index in [0.29, 0.717) is 25.7 Å². The number of benzene rings is 2. The molecule has 6 rings (SSSR count). The minimum atomic E-state index is -0.816. The van der Waals surface area contributed by atoms with Crippen LogP contribution in [0.15, 0.2) is 84.9 Å². The normalized spacial score (nSPS) is 16.2. The Bertz CT molecular complexity index is 1290. The summed E-state index contributed by atoms with van der Waals surface area (Å²) in [5.41, 5.74) is -0.643. The van der Waals surface area contributed by atoms with Gasteiger partial charge in [-0.2, -0.15) is 36.4 Å². The van der Waals surface area contributed by atoms with Crippen molar-refractivity contribution >= 4 is 23.2 Å². The van der Waals surface area contributed by atoms with E-state index in [1.54, 1.807) is 0 Å². The maximum absolute atomic E-state index is 13.5. The van der Waals surface area contributed by atoms with Crippen LogP contribution in [0.2, 0.25) is 0 Å². The second-order valence-corrected chi connectivity index (χ2v) is 11.0. The van der Waals surface area contributed by atoms with Gasteiger partial charge >= 0.3 is 21.7 Å². The van der Waals surface area contributed by atoms with Gasteiger partial charge in [0, 0.05) is 47.2 Å². The number of amides is 2. The number of nitrogens with zero attached hydrogens (tertiary/aromatic N) is 2. The van der Waals surface area contributed by atoms with E-state index in [9.17, 15) is 27.2 Å². The first-order valence-corrected chi connectivity index (χ1v) is 13.6. The van der Waals surface area contributed by atoms with Crippen molar-refractivity contribution in [1.29, 1.82) is 0 Å². The SMILES string of the molecule is CC1(C)CCC(=O)N1c1ccc(F)[c-]c1F.CC1(C)CCC(=O)N1c1ccc(F)[c-]c1F.[Ti+4].c1cc[cH-]c1.c1cc[cH-]c1. The summed E-state index contributed by atoms with van der Waals surface area (Å²) in [4.78, 5) is 26.1. The number of carbonyl (C=O) groups is 2. The summed E-state index contributed by atoms with van der Waals surface area (Å²) in [6.45, 7) is 7.45. The number of anilines is 2. The Morgan fingerprint density at radius 1 is 0.628 bits per heavy atom. The van der Waals surface area contributed by atoms with Gasteiger partial charge in [-0.3, -0.25) is 9.59 Å². The van der Waals surface area contributed by atoms with E-state index in [1.165, 1.54) is 21.9 Å². The minimum Gasteiger partial charge on any atom is -0.359 e. The summed E-state index contributed by atoms with van der Waals surface area (Å²) in [5, 5.41) is 0. The van der Waals surface area contributed by atoms with E-state index >= 15 is 0 Å². The largest absolute Gasteiger partial charge is 4.00 e. The molecule has 224 valence electrons. The van der Waals surface area contributed by atoms with Crippen LogP contribution in [-0.4, -0.2) is 22.9 Å². The fourth-order valence-electron chi connectivity index (χ4n) is 4.73. The Balaban J connectivity index is 0.000000223. The molecule has 0 spiro atoms. The van der Waals surface area contributed by atoms with Gasteiger partial charge in [-0.1, -0.05) is 0 Å². The van der Waals surface area contributed by atoms with Crippen LogP contribution in [-0.2, 0) is 31.3 Å². The van der Waals surface area contributed by atoms with Crippen molar-refractivity contribution in [2.45, 2.75) is 64.5 Å². The smallest absolute Gasteiger partial charge is 0.359 e. The van der Waals surface area contributed by atoms with Crippen LogP contribution in [0.25, 0.3) is 0 Å². The van der Waals surface area contributed by atoms with Crippen molar-refractivity contribution < 1.29 is 48.9 Å². The number of hydrogen-bond acceptors (Lipinski definition) is 2. The molecule has 0 saturated carbocycles. The van der Waals surface area contributed by atoms with Gasteiger partial charge in [0.1, 0.15) is 0 Å². The molecule has 0 aromatic heterocycles. The van der Waals surface area contributed by atoms with Gasteiger partial charge in [-0.05, 0) is 51.9 Å². The van der Waals surface area contributed by atoms with E-state index in [0.717, 1.165) is 12.1 Å². The standard InChI is InChI=1S/2C12H12F2NO.2C5H5.Ti/c2*1-12(2)6-5-11(16)15(12)10-4-3-8(13)7-9(10)14;2*1-2-4-5-3-1;/h2*3-4H,5-6H2,1-2H3;2*1-5H;/q4*-1;+4. The Kier molecular flexibility index (Phi) is 13.1. The third-order valence-electron chi connectivity index (χ3n) is 6.89. The Labute approximate surface area is 265 Å². The van der Waals surface area contributed by atoms with Gasteiger partial charge in [0.05, 0.1) is 0 Å². The molecule has 4 aromatic carbocycles. The summed E-state index contributed by atoms with van der Waals surface area (Å²) in [6.07, 6.45) is 2.12. The molecule has 2 aliphatic heterocycles. The number of hydrogen-bond donors (Lipinski definition) is 0. The molecule has 0 N–H and O–H groups in total. The molecule has 9 heteroatoms. The molecule has 0 radical (unpaired) electrons. The zero-order valence-electron chi connectivity index (χ0n) is 24.6. The molecule has 43 heavy (non-hydrogen) atoms. The first-order chi connectivity index (χ1) is 19.8. The van der Waals surface area contributed by atoms with Gasteiger partial charge < -0.3 is 9.80 Å². The Morgan fingerprint density at radius 2 is 0.953 bits per heavy atom. The van der Waals surface area contributed by atoms with Crippen LogP contribution in [0, 0.1) is 35.4 Å². The summed E-state index contributed by atoms with van der Waals surface area (Å²) in [5.74, 6) is -3.42. The third kappa shape index (κ3) is 9.77. The van der Waals surface area contributed by atoms with Gasteiger partial charge in [-0.15, -0.1) is 36.4 Å². The summed E-state index contributed by atoms with van der Waals surface area (Å²) < 4.78 is 52.5. The first-order valence-electron chi connectivity index (χ1n) is 13.6. The zero-order valence-corrected chi connectivity index (χ0v) is 26.2. The van der Waals surface area contributed by atoms with Crippen LogP contribution < -0.4 is 9.80 Å². The molecule has 0 atom stereocenters. The molecule has 4 aromatic rings. The van der Waals surface area contributed by atoms with Crippen molar-refractivity contribution in [3.8, 4) is 0 Å². The van der Waals surface area contributed by atoms with E-state index < -0.39 is 34.3 Å². The Morgan fingerprint density at radius 3 is 1.16 bits per heavy atom. The summed E-state index contributed by atoms with van der Waals surface area (Å²) in [7, 11) is 0. The average molecular weight is 627 g/mol. The van der Waals surface area contributed by atoms with Crippen LogP contribution in [0.3, 0.4) is 0 Å². The van der Waals surface area contributed by atoms with Crippen molar-refractivity contribution in [2.75, 3.05) is 9.80 Å². The van der Waals surface area contributed by atoms with Crippen LogP contribution in [0.5, 0.6) is 0 Å². The topological polar surface area (TPSA) is 40.6 Å². The molecule has 0 aliphatic carbocycles. The minimum absolute atomic E-state index is 0. The maximum atomic E-state index is 13.5. The molecule has 0 bridgehead atoms. The average Bonchev–Trinajstić information content (AvgIpc) is 3.74. The molecule has 2 saturated heterocycles. The van der Waals surface area contributed by atoms with E-state index in [2.05, 4.69) is 0 Å². The molecular formula is C34H34F4N2O2Ti. The van der Waals surface area contributed by atoms with Crippen molar-refractivity contribution in [1.82, 2.24) is 0 Å². The molecule has 4 nitrogen and oxygen atoms in total. The molecule has 2 heterocycles. The molecular weight excluding hydrogens is 592 g/mol. The van der Waals surface area contributed by atoms with Gasteiger partial charge in [0.2, 0.25) is 11.8 Å². The molecule has 2 fully saturated rings. The van der Waals surface area contributed by atoms with E-state index in [1.807, 2.05) is 100 Å². The second kappa shape index (κ2) is 15.8. The predicted octanol–water partition coefficient (Wildman–Crippen LogP) is 8.15. The van der Waals surface area contributed by atoms with E-state index in [-0.39, 0.29) is 44.9 Å². The summed E-state index contributed by atoms with van der Waals surface area (Å²) >= 11 is 0. The zero-order chi connectivity index (χ0) is 30.9. The fourth-order valence-corrected chi connectivity index (χ4v) is 4.73. The predicted molar refractivity (Wildman–Crippen MR) is 156 cm³/mol. The Hall–Kier alpha value is -3.49. The van der Waals surface area contributed by atoms with Crippen molar-refractivity contribution in [3.05, 3.63) is 120 Å². The van der Waals surface area contributed by atoms with Crippen LogP contribution in [0.1, 0.15) is 53.4 Å². The van der Waals surface area contributed by atoms with Crippen molar-refractivity contribution in [3.63, 3.8) is 0 Å². The quantitative estimate of drug-likeness (QED) is 0.128. The number of rotatable bonds is 2. The second-order valence-electron chi connectivity index (χ2n) is 11.0. The van der Waals surface area contributed by atoms with Crippen LogP contribution in [0.4, 0.5) is 28.9 Å². The summed E-state index contributed by atoms with van der Waals surface area (Å²) in [6, 6.07) is 28.7. The third-order valence-corrected chi connectivity index (χ3v) is 6.89. The molecule has 0 unspecified atom stereocenters. The van der Waals surface area contributed by atoms with Crippen LogP contribution >= 0.6 is 0 Å². The van der Waals surface area contributed by atoms with Gasteiger partial charge in [-0.25, -0.2) is 41.8 Å². The number of carbonyl (C=O) groups excluding carboxylic acids is 2. The molecule has 2 amide bonds. The van der Waals surface area contributed by atoms with Crippen molar-refractivity contribution in [2.24, 2.45) is 0 Å². The number of halogens is 4. The first kappa shape index (κ1) is 35.7. The van der Waals surface area contributed by atoms with Gasteiger partial charge in [0.25, 0.3) is 0 Å². The molecule has 2 aliphatic rings. The van der Waals surface area contributed by atoms with E-state index in [4.69, 9.17) is 0 Å². The van der Waals surface area contributed by atoms with Gasteiger partial charge in [0.15, 0.2) is 0 Å². The fraction of sp³-hybridized carbons (Fsp3) is 0.294. The maximum Gasteiger partial charge on any atom is 4.00 e. The monoisotopic (exact) mass is 626 g/mol.